The van der Waals surface area contributed by atoms with Crippen molar-refractivity contribution in [3.8, 4) is 6.26 Å². The number of rotatable bonds is 6. The summed E-state index contributed by atoms with van der Waals surface area (Å²) in [4.78, 5) is 11.5. The van der Waals surface area contributed by atoms with E-state index in [2.05, 4.69) is 15.0 Å². The molecule has 0 aliphatic rings. The van der Waals surface area contributed by atoms with Gasteiger partial charge in [0, 0.05) is 0 Å². The number of benzene rings is 1. The molecule has 0 saturated carbocycles. The maximum atomic E-state index is 11.9. The average molecular weight is 309 g/mol. The lowest BCUT2D eigenvalue weighted by atomic mass is 10.2. The summed E-state index contributed by atoms with van der Waals surface area (Å²) in [7, 11) is -3.44. The molecule has 0 saturated heterocycles. The van der Waals surface area contributed by atoms with Gasteiger partial charge < -0.3 is 4.74 Å². The highest BCUT2D eigenvalue weighted by Gasteiger charge is 2.19. The van der Waals surface area contributed by atoms with E-state index < -0.39 is 21.8 Å². The standard InChI is InChI=1S/C13H15N3O4S/c1-3-10(13(17)20-9-14)15-16-11-7-5-6-8-12(11)21(18,19)4-2/h5-8,10H,3-4H2,1-2H3. The van der Waals surface area contributed by atoms with Gasteiger partial charge in [0.25, 0.3) is 6.26 Å². The van der Waals surface area contributed by atoms with Crippen LogP contribution in [0.25, 0.3) is 0 Å². The molecule has 21 heavy (non-hydrogen) atoms. The van der Waals surface area contributed by atoms with E-state index in [0.29, 0.717) is 0 Å². The van der Waals surface area contributed by atoms with Crippen molar-refractivity contribution in [1.82, 2.24) is 0 Å². The molecule has 0 aliphatic carbocycles. The maximum Gasteiger partial charge on any atom is 0.348 e. The summed E-state index contributed by atoms with van der Waals surface area (Å²) in [6.07, 6.45) is 1.56. The largest absolute Gasteiger partial charge is 0.349 e. The molecule has 1 unspecified atom stereocenters. The van der Waals surface area contributed by atoms with Gasteiger partial charge in [-0.3, -0.25) is 0 Å². The van der Waals surface area contributed by atoms with Gasteiger partial charge in [-0.25, -0.2) is 13.2 Å². The van der Waals surface area contributed by atoms with E-state index in [-0.39, 0.29) is 22.8 Å². The third kappa shape index (κ3) is 4.36. The van der Waals surface area contributed by atoms with Crippen LogP contribution in [0, 0.1) is 11.5 Å². The number of hydrogen-bond donors (Lipinski definition) is 0. The van der Waals surface area contributed by atoms with Gasteiger partial charge in [-0.1, -0.05) is 26.0 Å². The lowest BCUT2D eigenvalue weighted by Crippen LogP contribution is -2.18. The monoisotopic (exact) mass is 309 g/mol. The number of nitrogens with zero attached hydrogens (tertiary/aromatic N) is 3. The molecule has 7 nitrogen and oxygen atoms in total. The summed E-state index contributed by atoms with van der Waals surface area (Å²) in [6, 6.07) is 5.19. The number of nitriles is 1. The Morgan fingerprint density at radius 3 is 2.62 bits per heavy atom. The predicted molar refractivity (Wildman–Crippen MR) is 74.5 cm³/mol. The van der Waals surface area contributed by atoms with Crippen LogP contribution in [0.15, 0.2) is 39.4 Å². The van der Waals surface area contributed by atoms with Crippen LogP contribution in [0.3, 0.4) is 0 Å². The number of carbonyl (C=O) groups is 1. The second-order valence-electron chi connectivity index (χ2n) is 4.02. The number of sulfone groups is 1. The average Bonchev–Trinajstić information content (AvgIpc) is 2.48. The fourth-order valence-corrected chi connectivity index (χ4v) is 2.52. The minimum atomic E-state index is -3.44. The maximum absolute atomic E-state index is 11.9. The topological polar surface area (TPSA) is 109 Å². The van der Waals surface area contributed by atoms with Gasteiger partial charge in [-0.2, -0.15) is 10.2 Å². The Morgan fingerprint density at radius 2 is 2.05 bits per heavy atom. The van der Waals surface area contributed by atoms with Gasteiger partial charge in [-0.05, 0) is 18.6 Å². The van der Waals surface area contributed by atoms with Gasteiger partial charge in [0.05, 0.1) is 10.6 Å². The lowest BCUT2D eigenvalue weighted by Gasteiger charge is -2.06. The van der Waals surface area contributed by atoms with Crippen LogP contribution in [0.4, 0.5) is 5.69 Å². The summed E-state index contributed by atoms with van der Waals surface area (Å²) >= 11 is 0. The quantitative estimate of drug-likeness (QED) is 0.455. The molecule has 0 radical (unpaired) electrons. The summed E-state index contributed by atoms with van der Waals surface area (Å²) in [5.74, 6) is -0.882. The Morgan fingerprint density at radius 1 is 1.38 bits per heavy atom. The highest BCUT2D eigenvalue weighted by molar-refractivity contribution is 7.91. The lowest BCUT2D eigenvalue weighted by molar-refractivity contribution is -0.138. The second kappa shape index (κ2) is 7.50. The van der Waals surface area contributed by atoms with E-state index in [1.165, 1.54) is 25.3 Å². The summed E-state index contributed by atoms with van der Waals surface area (Å²) in [6.45, 7) is 3.21. The number of esters is 1. The highest BCUT2D eigenvalue weighted by atomic mass is 32.2. The first-order valence-electron chi connectivity index (χ1n) is 6.28. The Kier molecular flexibility index (Phi) is 5.99. The molecule has 0 heterocycles. The first kappa shape index (κ1) is 16.8. The van der Waals surface area contributed by atoms with Crippen LogP contribution in [-0.2, 0) is 19.4 Å². The first-order chi connectivity index (χ1) is 9.96. The zero-order valence-electron chi connectivity index (χ0n) is 11.7. The number of ether oxygens (including phenoxy) is 1. The minimum Gasteiger partial charge on any atom is -0.349 e. The number of azo groups is 1. The predicted octanol–water partition coefficient (Wildman–Crippen LogP) is 2.37. The smallest absolute Gasteiger partial charge is 0.348 e. The van der Waals surface area contributed by atoms with E-state index in [9.17, 15) is 13.2 Å². The van der Waals surface area contributed by atoms with E-state index >= 15 is 0 Å². The van der Waals surface area contributed by atoms with Crippen molar-refractivity contribution in [2.75, 3.05) is 5.75 Å². The van der Waals surface area contributed by atoms with Gasteiger partial charge >= 0.3 is 5.97 Å². The fraction of sp³-hybridized carbons (Fsp3) is 0.385. The van der Waals surface area contributed by atoms with Gasteiger partial charge in [0.2, 0.25) is 0 Å². The molecule has 1 rings (SSSR count). The number of hydrogen-bond acceptors (Lipinski definition) is 7. The zero-order valence-corrected chi connectivity index (χ0v) is 12.5. The molecule has 112 valence electrons. The molecular formula is C13H15N3O4S. The highest BCUT2D eigenvalue weighted by Crippen LogP contribution is 2.25. The molecule has 8 heteroatoms. The third-order valence-corrected chi connectivity index (χ3v) is 4.47. The van der Waals surface area contributed by atoms with Crippen LogP contribution in [0.5, 0.6) is 0 Å². The Balaban J connectivity index is 3.11. The minimum absolute atomic E-state index is 0.0553. The van der Waals surface area contributed by atoms with Crippen LogP contribution in [-0.4, -0.2) is 26.2 Å². The molecule has 1 atom stereocenters. The van der Waals surface area contributed by atoms with Gasteiger partial charge in [0.15, 0.2) is 15.9 Å². The van der Waals surface area contributed by atoms with Crippen molar-refractivity contribution >= 4 is 21.5 Å². The van der Waals surface area contributed by atoms with Crippen molar-refractivity contribution in [3.05, 3.63) is 24.3 Å². The van der Waals surface area contributed by atoms with Crippen LogP contribution in [0.2, 0.25) is 0 Å². The van der Waals surface area contributed by atoms with E-state index in [4.69, 9.17) is 5.26 Å². The van der Waals surface area contributed by atoms with Crippen molar-refractivity contribution < 1.29 is 17.9 Å². The molecule has 0 aromatic heterocycles. The normalized spacial score (nSPS) is 12.8. The summed E-state index contributed by atoms with van der Waals surface area (Å²) in [5, 5.41) is 15.9. The fourth-order valence-electron chi connectivity index (χ4n) is 1.50. The van der Waals surface area contributed by atoms with E-state index in [0.717, 1.165) is 0 Å². The molecular weight excluding hydrogens is 294 g/mol. The SMILES string of the molecule is CCC(N=Nc1ccccc1S(=O)(=O)CC)C(=O)OC#N. The Hall–Kier alpha value is -2.27. The first-order valence-corrected chi connectivity index (χ1v) is 7.93. The van der Waals surface area contributed by atoms with Crippen LogP contribution >= 0.6 is 0 Å². The molecule has 0 spiro atoms. The summed E-state index contributed by atoms with van der Waals surface area (Å²) in [5.41, 5.74) is 0.155. The molecule has 1 aromatic rings. The van der Waals surface area contributed by atoms with E-state index in [1.807, 2.05) is 0 Å². The van der Waals surface area contributed by atoms with Crippen LogP contribution < -0.4 is 0 Å². The molecule has 0 aliphatic heterocycles. The summed E-state index contributed by atoms with van der Waals surface area (Å²) < 4.78 is 28.1. The Bertz CT molecular complexity index is 677. The van der Waals surface area contributed by atoms with Crippen molar-refractivity contribution in [3.63, 3.8) is 0 Å². The molecule has 0 bridgehead atoms. The Labute approximate surface area is 123 Å². The van der Waals surface area contributed by atoms with E-state index in [1.54, 1.807) is 19.1 Å². The van der Waals surface area contributed by atoms with Crippen LogP contribution in [0.1, 0.15) is 20.3 Å². The van der Waals surface area contributed by atoms with Crippen molar-refractivity contribution in [2.45, 2.75) is 31.2 Å². The van der Waals surface area contributed by atoms with Crippen molar-refractivity contribution in [2.24, 2.45) is 10.2 Å². The van der Waals surface area contributed by atoms with Crippen molar-refractivity contribution in [1.29, 1.82) is 5.26 Å². The van der Waals surface area contributed by atoms with Gasteiger partial charge in [0.1, 0.15) is 5.69 Å². The molecule has 0 fully saturated rings. The molecule has 1 aromatic carbocycles. The molecule has 0 N–H and O–H groups in total. The second-order valence-corrected chi connectivity index (χ2v) is 6.27. The molecule has 0 amide bonds. The number of carbonyl (C=O) groups excluding carboxylic acids is 1. The third-order valence-electron chi connectivity index (χ3n) is 2.69. The zero-order chi connectivity index (χ0) is 15.9. The van der Waals surface area contributed by atoms with Gasteiger partial charge in [-0.15, -0.1) is 5.26 Å².